The minimum atomic E-state index is -0.309. The van der Waals surface area contributed by atoms with Crippen molar-refractivity contribution in [2.75, 3.05) is 27.1 Å². The second-order valence-electron chi connectivity index (χ2n) is 5.72. The summed E-state index contributed by atoms with van der Waals surface area (Å²) in [5, 5.41) is 2.89. The van der Waals surface area contributed by atoms with Gasteiger partial charge >= 0.3 is 0 Å². The first-order valence-electron chi connectivity index (χ1n) is 7.85. The van der Waals surface area contributed by atoms with Gasteiger partial charge in [0.15, 0.2) is 11.5 Å². The Labute approximate surface area is 147 Å². The Morgan fingerprint density at radius 2 is 1.72 bits per heavy atom. The number of carbonyl (C=O) groups is 1. The smallest absolute Gasteiger partial charge is 0.253 e. The van der Waals surface area contributed by atoms with Crippen LogP contribution in [0.4, 0.5) is 5.69 Å². The number of carbonyl (C=O) groups excluding carboxylic acids is 1. The molecule has 0 spiro atoms. The lowest BCUT2D eigenvalue weighted by Gasteiger charge is -2.17. The van der Waals surface area contributed by atoms with E-state index in [2.05, 4.69) is 11.4 Å². The summed E-state index contributed by atoms with van der Waals surface area (Å²) >= 11 is 0. The lowest BCUT2D eigenvalue weighted by Crippen LogP contribution is -2.24. The van der Waals surface area contributed by atoms with Crippen LogP contribution in [0.25, 0.3) is 0 Å². The zero-order valence-corrected chi connectivity index (χ0v) is 15.2. The second kappa shape index (κ2) is 7.79. The Hall–Kier alpha value is -2.89. The molecule has 0 saturated carbocycles. The fraction of sp³-hybridized carbons (Fsp3) is 0.316. The van der Waals surface area contributed by atoms with Crippen LogP contribution in [0.3, 0.4) is 0 Å². The van der Waals surface area contributed by atoms with Crippen molar-refractivity contribution in [2.24, 2.45) is 0 Å². The van der Waals surface area contributed by atoms with Crippen LogP contribution in [0.15, 0.2) is 24.3 Å². The Kier molecular flexibility index (Phi) is 5.75. The van der Waals surface area contributed by atoms with E-state index >= 15 is 0 Å². The SMILES string of the molecule is COc1cc(C(=O)NCc2ccc(C)cc2C)c(N)c(OC)c1OC. The zero-order chi connectivity index (χ0) is 18.6. The van der Waals surface area contributed by atoms with Crippen molar-refractivity contribution in [1.82, 2.24) is 5.32 Å². The number of aryl methyl sites for hydroxylation is 2. The molecule has 6 heteroatoms. The molecule has 0 aliphatic rings. The summed E-state index contributed by atoms with van der Waals surface area (Å²) in [5.41, 5.74) is 9.93. The summed E-state index contributed by atoms with van der Waals surface area (Å²) in [6, 6.07) is 7.65. The normalized spacial score (nSPS) is 10.3. The molecule has 1 amide bonds. The van der Waals surface area contributed by atoms with Crippen LogP contribution in [-0.2, 0) is 6.54 Å². The quantitative estimate of drug-likeness (QED) is 0.788. The Bertz CT molecular complexity index is 787. The van der Waals surface area contributed by atoms with Gasteiger partial charge < -0.3 is 25.3 Å². The molecular formula is C19H24N2O4. The number of anilines is 1. The topological polar surface area (TPSA) is 82.8 Å². The van der Waals surface area contributed by atoms with Crippen molar-refractivity contribution >= 4 is 11.6 Å². The minimum absolute atomic E-state index is 0.207. The minimum Gasteiger partial charge on any atom is -0.493 e. The summed E-state index contributed by atoms with van der Waals surface area (Å²) in [5.74, 6) is 0.703. The molecule has 0 saturated heterocycles. The van der Waals surface area contributed by atoms with Gasteiger partial charge in [0.2, 0.25) is 5.75 Å². The van der Waals surface area contributed by atoms with Gasteiger partial charge in [0.05, 0.1) is 32.6 Å². The van der Waals surface area contributed by atoms with E-state index in [9.17, 15) is 4.79 Å². The summed E-state index contributed by atoms with van der Waals surface area (Å²) in [6.07, 6.45) is 0. The lowest BCUT2D eigenvalue weighted by molar-refractivity contribution is 0.0951. The van der Waals surface area contributed by atoms with Gasteiger partial charge in [-0.3, -0.25) is 4.79 Å². The highest BCUT2D eigenvalue weighted by atomic mass is 16.5. The molecule has 0 aromatic heterocycles. The van der Waals surface area contributed by atoms with E-state index in [0.29, 0.717) is 18.0 Å². The van der Waals surface area contributed by atoms with E-state index in [-0.39, 0.29) is 22.9 Å². The van der Waals surface area contributed by atoms with Crippen LogP contribution in [0.2, 0.25) is 0 Å². The van der Waals surface area contributed by atoms with E-state index in [1.54, 1.807) is 6.07 Å². The van der Waals surface area contributed by atoms with Crippen LogP contribution in [0.5, 0.6) is 17.2 Å². The van der Waals surface area contributed by atoms with Crippen LogP contribution in [0.1, 0.15) is 27.0 Å². The summed E-state index contributed by atoms with van der Waals surface area (Å²) in [4.78, 5) is 12.6. The molecule has 0 fully saturated rings. The van der Waals surface area contributed by atoms with Gasteiger partial charge in [-0.2, -0.15) is 0 Å². The third-order valence-corrected chi connectivity index (χ3v) is 4.05. The Morgan fingerprint density at radius 1 is 1.04 bits per heavy atom. The largest absolute Gasteiger partial charge is 0.493 e. The van der Waals surface area contributed by atoms with Crippen LogP contribution in [-0.4, -0.2) is 27.2 Å². The van der Waals surface area contributed by atoms with Crippen molar-refractivity contribution in [3.05, 3.63) is 46.5 Å². The number of nitrogens with two attached hydrogens (primary N) is 1. The third kappa shape index (κ3) is 3.79. The molecule has 0 atom stereocenters. The van der Waals surface area contributed by atoms with Crippen LogP contribution < -0.4 is 25.3 Å². The average Bonchev–Trinajstić information content (AvgIpc) is 2.60. The number of methoxy groups -OCH3 is 3. The Morgan fingerprint density at radius 3 is 2.28 bits per heavy atom. The average molecular weight is 344 g/mol. The van der Waals surface area contributed by atoms with Gasteiger partial charge in [-0.1, -0.05) is 23.8 Å². The van der Waals surface area contributed by atoms with E-state index in [4.69, 9.17) is 19.9 Å². The first kappa shape index (κ1) is 18.4. The number of nitrogen functional groups attached to an aromatic ring is 1. The van der Waals surface area contributed by atoms with Gasteiger partial charge in [-0.25, -0.2) is 0 Å². The predicted molar refractivity (Wildman–Crippen MR) is 97.6 cm³/mol. The summed E-state index contributed by atoms with van der Waals surface area (Å²) < 4.78 is 15.8. The number of hydrogen-bond acceptors (Lipinski definition) is 5. The number of nitrogens with one attached hydrogen (secondary N) is 1. The van der Waals surface area contributed by atoms with Gasteiger partial charge in [0, 0.05) is 6.54 Å². The number of hydrogen-bond donors (Lipinski definition) is 2. The molecule has 6 nitrogen and oxygen atoms in total. The number of rotatable bonds is 6. The maximum Gasteiger partial charge on any atom is 0.253 e. The van der Waals surface area contributed by atoms with Gasteiger partial charge in [0.25, 0.3) is 5.91 Å². The number of ether oxygens (including phenoxy) is 3. The molecule has 134 valence electrons. The molecule has 0 heterocycles. The molecule has 25 heavy (non-hydrogen) atoms. The summed E-state index contributed by atoms with van der Waals surface area (Å²) in [6.45, 7) is 4.45. The highest BCUT2D eigenvalue weighted by molar-refractivity contribution is 6.01. The fourth-order valence-electron chi connectivity index (χ4n) is 2.68. The third-order valence-electron chi connectivity index (χ3n) is 4.05. The van der Waals surface area contributed by atoms with Gasteiger partial charge in [-0.05, 0) is 31.0 Å². The monoisotopic (exact) mass is 344 g/mol. The lowest BCUT2D eigenvalue weighted by atomic mass is 10.1. The van der Waals surface area contributed by atoms with Crippen molar-refractivity contribution in [3.8, 4) is 17.2 Å². The standard InChI is InChI=1S/C19H24N2O4/c1-11-6-7-13(12(2)8-11)10-21-19(22)14-9-15(23-3)17(24-4)18(25-5)16(14)20/h6-9H,10,20H2,1-5H3,(H,21,22). The van der Waals surface area contributed by atoms with E-state index in [1.165, 1.54) is 26.9 Å². The maximum atomic E-state index is 12.6. The molecule has 0 aliphatic carbocycles. The molecule has 3 N–H and O–H groups in total. The van der Waals surface area contributed by atoms with Gasteiger partial charge in [0.1, 0.15) is 0 Å². The first-order valence-corrected chi connectivity index (χ1v) is 7.85. The molecular weight excluding hydrogens is 320 g/mol. The van der Waals surface area contributed by atoms with Crippen molar-refractivity contribution in [1.29, 1.82) is 0 Å². The molecule has 0 radical (unpaired) electrons. The highest BCUT2D eigenvalue weighted by Gasteiger charge is 2.22. The van der Waals surface area contributed by atoms with Crippen molar-refractivity contribution in [2.45, 2.75) is 20.4 Å². The van der Waals surface area contributed by atoms with E-state index < -0.39 is 0 Å². The molecule has 0 aliphatic heterocycles. The zero-order valence-electron chi connectivity index (χ0n) is 15.2. The van der Waals surface area contributed by atoms with E-state index in [1.807, 2.05) is 26.0 Å². The fourth-order valence-corrected chi connectivity index (χ4v) is 2.68. The number of benzene rings is 2. The molecule has 0 unspecified atom stereocenters. The van der Waals surface area contributed by atoms with Crippen molar-refractivity contribution in [3.63, 3.8) is 0 Å². The summed E-state index contributed by atoms with van der Waals surface area (Å²) in [7, 11) is 4.44. The van der Waals surface area contributed by atoms with E-state index in [0.717, 1.165) is 11.1 Å². The number of amides is 1. The second-order valence-corrected chi connectivity index (χ2v) is 5.72. The molecule has 2 aromatic rings. The highest BCUT2D eigenvalue weighted by Crippen LogP contribution is 2.43. The molecule has 2 rings (SSSR count). The molecule has 2 aromatic carbocycles. The van der Waals surface area contributed by atoms with Crippen molar-refractivity contribution < 1.29 is 19.0 Å². The van der Waals surface area contributed by atoms with Crippen LogP contribution >= 0.6 is 0 Å². The first-order chi connectivity index (χ1) is 11.9. The van der Waals surface area contributed by atoms with Crippen LogP contribution in [0, 0.1) is 13.8 Å². The predicted octanol–water partition coefficient (Wildman–Crippen LogP) is 2.84. The Balaban J connectivity index is 2.29. The van der Waals surface area contributed by atoms with Gasteiger partial charge in [-0.15, -0.1) is 0 Å². The molecule has 0 bridgehead atoms. The maximum absolute atomic E-state index is 12.6.